The van der Waals surface area contributed by atoms with Crippen molar-refractivity contribution in [3.8, 4) is 0 Å². The van der Waals surface area contributed by atoms with Gasteiger partial charge in [-0.3, -0.25) is 4.79 Å². The molecule has 1 aliphatic heterocycles. The van der Waals surface area contributed by atoms with Crippen molar-refractivity contribution in [1.29, 1.82) is 0 Å². The predicted molar refractivity (Wildman–Crippen MR) is 76.6 cm³/mol. The van der Waals surface area contributed by atoms with Crippen LogP contribution in [0, 0.1) is 0 Å². The highest BCUT2D eigenvalue weighted by atomic mass is 35.5. The van der Waals surface area contributed by atoms with E-state index < -0.39 is 0 Å². The number of amides is 1. The fourth-order valence-corrected chi connectivity index (χ4v) is 2.63. The molecule has 3 nitrogen and oxygen atoms in total. The van der Waals surface area contributed by atoms with Crippen LogP contribution in [0.5, 0.6) is 0 Å². The van der Waals surface area contributed by atoms with E-state index in [1.165, 1.54) is 0 Å². The van der Waals surface area contributed by atoms with E-state index in [0.29, 0.717) is 19.0 Å². The van der Waals surface area contributed by atoms with Gasteiger partial charge in [0.15, 0.2) is 0 Å². The van der Waals surface area contributed by atoms with Gasteiger partial charge in [0.2, 0.25) is 0 Å². The molecule has 1 atom stereocenters. The van der Waals surface area contributed by atoms with Gasteiger partial charge in [-0.2, -0.15) is 0 Å². The SMILES string of the molecule is CCOC1CCCN(C(=O)c2cccc(CCl)c2)C1. The van der Waals surface area contributed by atoms with Crippen molar-refractivity contribution in [2.24, 2.45) is 0 Å². The maximum absolute atomic E-state index is 12.4. The third-order valence-corrected chi connectivity index (χ3v) is 3.70. The van der Waals surface area contributed by atoms with Gasteiger partial charge in [-0.25, -0.2) is 0 Å². The van der Waals surface area contributed by atoms with Gasteiger partial charge in [-0.1, -0.05) is 12.1 Å². The third kappa shape index (κ3) is 3.71. The number of benzene rings is 1. The molecule has 1 amide bonds. The van der Waals surface area contributed by atoms with Crippen LogP contribution in [0.2, 0.25) is 0 Å². The molecule has 0 spiro atoms. The maximum atomic E-state index is 12.4. The average Bonchev–Trinajstić information content (AvgIpc) is 2.47. The fourth-order valence-electron chi connectivity index (χ4n) is 2.46. The first-order valence-corrected chi connectivity index (χ1v) is 7.33. The van der Waals surface area contributed by atoms with Crippen LogP contribution in [-0.4, -0.2) is 36.6 Å². The van der Waals surface area contributed by atoms with E-state index in [-0.39, 0.29) is 12.0 Å². The van der Waals surface area contributed by atoms with Crippen molar-refractivity contribution >= 4 is 17.5 Å². The Kier molecular flexibility index (Phi) is 5.23. The topological polar surface area (TPSA) is 29.5 Å². The van der Waals surface area contributed by atoms with E-state index >= 15 is 0 Å². The summed E-state index contributed by atoms with van der Waals surface area (Å²) in [5, 5.41) is 0. The highest BCUT2D eigenvalue weighted by molar-refractivity contribution is 6.17. The second-order valence-electron chi connectivity index (χ2n) is 4.80. The molecule has 19 heavy (non-hydrogen) atoms. The van der Waals surface area contributed by atoms with Gasteiger partial charge in [-0.15, -0.1) is 11.6 Å². The number of alkyl halides is 1. The van der Waals surface area contributed by atoms with Crippen LogP contribution in [0.3, 0.4) is 0 Å². The van der Waals surface area contributed by atoms with Crippen LogP contribution in [0.1, 0.15) is 35.7 Å². The smallest absolute Gasteiger partial charge is 0.253 e. The van der Waals surface area contributed by atoms with Crippen LogP contribution in [0.4, 0.5) is 0 Å². The number of carbonyl (C=O) groups excluding carboxylic acids is 1. The van der Waals surface area contributed by atoms with Gasteiger partial charge < -0.3 is 9.64 Å². The first kappa shape index (κ1) is 14.4. The molecular formula is C15H20ClNO2. The summed E-state index contributed by atoms with van der Waals surface area (Å²) in [6, 6.07) is 7.54. The number of nitrogens with zero attached hydrogens (tertiary/aromatic N) is 1. The minimum absolute atomic E-state index is 0.0800. The molecule has 0 saturated carbocycles. The first-order chi connectivity index (χ1) is 9.24. The van der Waals surface area contributed by atoms with Gasteiger partial charge in [-0.05, 0) is 37.5 Å². The molecule has 1 aliphatic rings. The normalized spacial score (nSPS) is 19.5. The lowest BCUT2D eigenvalue weighted by Crippen LogP contribution is -2.43. The average molecular weight is 282 g/mol. The molecular weight excluding hydrogens is 262 g/mol. The Bertz CT molecular complexity index is 434. The van der Waals surface area contributed by atoms with Gasteiger partial charge in [0.05, 0.1) is 6.10 Å². The minimum Gasteiger partial charge on any atom is -0.377 e. The number of hydrogen-bond acceptors (Lipinski definition) is 2. The van der Waals surface area contributed by atoms with E-state index in [2.05, 4.69) is 0 Å². The lowest BCUT2D eigenvalue weighted by atomic mass is 10.1. The molecule has 1 fully saturated rings. The zero-order valence-electron chi connectivity index (χ0n) is 11.3. The van der Waals surface area contributed by atoms with Crippen molar-refractivity contribution in [3.05, 3.63) is 35.4 Å². The molecule has 0 aliphatic carbocycles. The Morgan fingerprint density at radius 2 is 2.37 bits per heavy atom. The van der Waals surface area contributed by atoms with Crippen LogP contribution < -0.4 is 0 Å². The van der Waals surface area contributed by atoms with Crippen LogP contribution in [-0.2, 0) is 10.6 Å². The highest BCUT2D eigenvalue weighted by Gasteiger charge is 2.24. The van der Waals surface area contributed by atoms with Crippen molar-refractivity contribution in [2.45, 2.75) is 31.7 Å². The van der Waals surface area contributed by atoms with E-state index in [1.807, 2.05) is 36.1 Å². The highest BCUT2D eigenvalue weighted by Crippen LogP contribution is 2.17. The quantitative estimate of drug-likeness (QED) is 0.794. The van der Waals surface area contributed by atoms with Gasteiger partial charge in [0.25, 0.3) is 5.91 Å². The molecule has 4 heteroatoms. The summed E-state index contributed by atoms with van der Waals surface area (Å²) in [6.45, 7) is 4.20. The molecule has 0 bridgehead atoms. The number of hydrogen-bond donors (Lipinski definition) is 0. The van der Waals surface area contributed by atoms with Crippen LogP contribution in [0.25, 0.3) is 0 Å². The Morgan fingerprint density at radius 3 is 3.11 bits per heavy atom. The van der Waals surface area contributed by atoms with Crippen molar-refractivity contribution in [3.63, 3.8) is 0 Å². The summed E-state index contributed by atoms with van der Waals surface area (Å²) in [5.74, 6) is 0.513. The summed E-state index contributed by atoms with van der Waals surface area (Å²) < 4.78 is 5.63. The summed E-state index contributed by atoms with van der Waals surface area (Å²) in [6.07, 6.45) is 2.23. The molecule has 1 heterocycles. The fraction of sp³-hybridized carbons (Fsp3) is 0.533. The maximum Gasteiger partial charge on any atom is 0.253 e. The van der Waals surface area contributed by atoms with Crippen molar-refractivity contribution < 1.29 is 9.53 Å². The van der Waals surface area contributed by atoms with E-state index in [0.717, 1.165) is 30.5 Å². The van der Waals surface area contributed by atoms with E-state index in [4.69, 9.17) is 16.3 Å². The summed E-state index contributed by atoms with van der Waals surface area (Å²) in [7, 11) is 0. The molecule has 0 N–H and O–H groups in total. The number of likely N-dealkylation sites (tertiary alicyclic amines) is 1. The summed E-state index contributed by atoms with van der Waals surface area (Å²) in [5.41, 5.74) is 1.70. The number of rotatable bonds is 4. The van der Waals surface area contributed by atoms with Crippen LogP contribution >= 0.6 is 11.6 Å². The number of halogens is 1. The summed E-state index contributed by atoms with van der Waals surface area (Å²) in [4.78, 5) is 14.3. The van der Waals surface area contributed by atoms with Gasteiger partial charge in [0.1, 0.15) is 0 Å². The largest absolute Gasteiger partial charge is 0.377 e. The van der Waals surface area contributed by atoms with Crippen molar-refractivity contribution in [2.75, 3.05) is 19.7 Å². The zero-order chi connectivity index (χ0) is 13.7. The van der Waals surface area contributed by atoms with Gasteiger partial charge >= 0.3 is 0 Å². The van der Waals surface area contributed by atoms with Crippen molar-refractivity contribution in [1.82, 2.24) is 4.90 Å². The second-order valence-corrected chi connectivity index (χ2v) is 5.07. The molecule has 1 aromatic rings. The predicted octanol–water partition coefficient (Wildman–Crippen LogP) is 3.07. The lowest BCUT2D eigenvalue weighted by Gasteiger charge is -2.32. The molecule has 2 rings (SSSR count). The van der Waals surface area contributed by atoms with Gasteiger partial charge in [0, 0.05) is 31.1 Å². The molecule has 0 radical (unpaired) electrons. The molecule has 1 aromatic carbocycles. The Morgan fingerprint density at radius 1 is 1.53 bits per heavy atom. The zero-order valence-corrected chi connectivity index (χ0v) is 12.0. The Balaban J connectivity index is 2.05. The summed E-state index contributed by atoms with van der Waals surface area (Å²) >= 11 is 5.81. The van der Waals surface area contributed by atoms with E-state index in [9.17, 15) is 4.79 Å². The minimum atomic E-state index is 0.0800. The Labute approximate surface area is 119 Å². The number of piperidine rings is 1. The van der Waals surface area contributed by atoms with E-state index in [1.54, 1.807) is 0 Å². The standard InChI is InChI=1S/C15H20ClNO2/c1-2-19-14-7-4-8-17(11-14)15(18)13-6-3-5-12(9-13)10-16/h3,5-6,9,14H,2,4,7-8,10-11H2,1H3. The lowest BCUT2D eigenvalue weighted by molar-refractivity contribution is 0.00724. The third-order valence-electron chi connectivity index (χ3n) is 3.40. The molecule has 0 aromatic heterocycles. The monoisotopic (exact) mass is 281 g/mol. The number of carbonyl (C=O) groups is 1. The molecule has 1 unspecified atom stereocenters. The first-order valence-electron chi connectivity index (χ1n) is 6.80. The van der Waals surface area contributed by atoms with Crippen LogP contribution in [0.15, 0.2) is 24.3 Å². The Hall–Kier alpha value is -1.06. The molecule has 1 saturated heterocycles. The second kappa shape index (κ2) is 6.92. The molecule has 104 valence electrons. The number of ether oxygens (including phenoxy) is 1.